The largest absolute Gasteiger partial charge is 0.418 e. The molecule has 0 aromatic rings. The number of hydrogen-bond acceptors (Lipinski definition) is 7. The maximum Gasteiger partial charge on any atom is 0.418 e. The second kappa shape index (κ2) is 7.41. The summed E-state index contributed by atoms with van der Waals surface area (Å²) < 4.78 is 40.5. The quantitative estimate of drug-likeness (QED) is 0.491. The highest BCUT2D eigenvalue weighted by Gasteiger charge is 2.49. The van der Waals surface area contributed by atoms with Crippen LogP contribution in [0.4, 0.5) is 4.79 Å². The number of ether oxygens (including phenoxy) is 1. The van der Waals surface area contributed by atoms with Crippen molar-refractivity contribution in [3.8, 4) is 0 Å². The Hall–Kier alpha value is -1.47. The molecule has 142 valence electrons. The zero-order valence-corrected chi connectivity index (χ0v) is 14.4. The average molecular weight is 378 g/mol. The normalized spacial score (nSPS) is 30.3. The van der Waals surface area contributed by atoms with Gasteiger partial charge in [-0.2, -0.15) is 13.5 Å². The summed E-state index contributed by atoms with van der Waals surface area (Å²) >= 11 is 0. The van der Waals surface area contributed by atoms with E-state index < -0.39 is 28.5 Å². The Balaban J connectivity index is 1.56. The standard InChI is InChI=1S/C13H22N4O7S/c18-12(15-7-10-6-14-4-1-5-23-10)11-3-2-9-8-16(11)13(19)17(9)24-25(20,21)22/h9-11,14H,1-8H2,(H,15,18)(H,20,21,22)/t9?,10-,11?/m0/s1. The van der Waals surface area contributed by atoms with Crippen molar-refractivity contribution in [2.75, 3.05) is 32.8 Å². The van der Waals surface area contributed by atoms with Crippen molar-refractivity contribution in [3.63, 3.8) is 0 Å². The van der Waals surface area contributed by atoms with E-state index in [2.05, 4.69) is 14.9 Å². The molecule has 0 aliphatic carbocycles. The van der Waals surface area contributed by atoms with Crippen LogP contribution in [0.25, 0.3) is 0 Å². The van der Waals surface area contributed by atoms with E-state index in [1.807, 2.05) is 0 Å². The fraction of sp³-hybridized carbons (Fsp3) is 0.846. The summed E-state index contributed by atoms with van der Waals surface area (Å²) in [5, 5.41) is 6.63. The van der Waals surface area contributed by atoms with E-state index in [1.54, 1.807) is 0 Å². The van der Waals surface area contributed by atoms with Crippen LogP contribution in [0.5, 0.6) is 0 Å². The topological polar surface area (TPSA) is 138 Å². The molecule has 0 spiro atoms. The van der Waals surface area contributed by atoms with E-state index in [9.17, 15) is 18.0 Å². The zero-order valence-electron chi connectivity index (χ0n) is 13.6. The minimum Gasteiger partial charge on any atom is -0.375 e. The highest BCUT2D eigenvalue weighted by atomic mass is 32.3. The first-order valence-electron chi connectivity index (χ1n) is 8.22. The Morgan fingerprint density at radius 3 is 3.00 bits per heavy atom. The molecule has 3 rings (SSSR count). The smallest absolute Gasteiger partial charge is 0.375 e. The third-order valence-corrected chi connectivity index (χ3v) is 4.88. The third-order valence-electron chi connectivity index (χ3n) is 4.53. The first-order chi connectivity index (χ1) is 11.8. The fourth-order valence-corrected chi connectivity index (χ4v) is 3.73. The summed E-state index contributed by atoms with van der Waals surface area (Å²) in [5.41, 5.74) is 0. The molecule has 2 unspecified atom stereocenters. The van der Waals surface area contributed by atoms with Gasteiger partial charge in [0, 0.05) is 26.2 Å². The predicted octanol–water partition coefficient (Wildman–Crippen LogP) is -1.52. The molecule has 3 N–H and O–H groups in total. The molecule has 3 aliphatic rings. The van der Waals surface area contributed by atoms with Crippen molar-refractivity contribution < 1.29 is 31.6 Å². The maximum absolute atomic E-state index is 12.4. The summed E-state index contributed by atoms with van der Waals surface area (Å²) in [6.45, 7) is 2.66. The van der Waals surface area contributed by atoms with Crippen LogP contribution < -0.4 is 10.6 Å². The molecule has 0 aromatic heterocycles. The number of nitrogens with zero attached hydrogens (tertiary/aromatic N) is 2. The van der Waals surface area contributed by atoms with Crippen molar-refractivity contribution in [3.05, 3.63) is 0 Å². The van der Waals surface area contributed by atoms with Crippen molar-refractivity contribution in [2.45, 2.75) is 37.5 Å². The van der Waals surface area contributed by atoms with Gasteiger partial charge in [0.1, 0.15) is 6.04 Å². The molecule has 0 radical (unpaired) electrons. The first-order valence-corrected chi connectivity index (χ1v) is 9.58. The molecule has 3 atom stereocenters. The van der Waals surface area contributed by atoms with E-state index in [4.69, 9.17) is 9.29 Å². The van der Waals surface area contributed by atoms with Crippen LogP contribution in [-0.4, -0.2) is 85.8 Å². The van der Waals surface area contributed by atoms with Crippen molar-refractivity contribution in [1.29, 1.82) is 0 Å². The molecule has 11 nitrogen and oxygen atoms in total. The Morgan fingerprint density at radius 2 is 2.24 bits per heavy atom. The summed E-state index contributed by atoms with van der Waals surface area (Å²) in [7, 11) is -4.79. The van der Waals surface area contributed by atoms with E-state index >= 15 is 0 Å². The molecule has 25 heavy (non-hydrogen) atoms. The summed E-state index contributed by atoms with van der Waals surface area (Å²) in [4.78, 5) is 26.0. The van der Waals surface area contributed by atoms with Gasteiger partial charge in [0.2, 0.25) is 5.91 Å². The van der Waals surface area contributed by atoms with Crippen LogP contribution in [0.2, 0.25) is 0 Å². The lowest BCUT2D eigenvalue weighted by molar-refractivity contribution is -0.126. The van der Waals surface area contributed by atoms with Crippen LogP contribution in [0, 0.1) is 0 Å². The monoisotopic (exact) mass is 378 g/mol. The Kier molecular flexibility index (Phi) is 5.43. The first kappa shape index (κ1) is 18.3. The van der Waals surface area contributed by atoms with Crippen molar-refractivity contribution >= 4 is 22.3 Å². The lowest BCUT2D eigenvalue weighted by Crippen LogP contribution is -2.51. The number of piperidine rings is 1. The van der Waals surface area contributed by atoms with Crippen LogP contribution in [-0.2, 0) is 24.2 Å². The molecule has 3 aliphatic heterocycles. The Labute approximate surface area is 145 Å². The van der Waals surface area contributed by atoms with Crippen LogP contribution in [0.15, 0.2) is 0 Å². The highest BCUT2D eigenvalue weighted by Crippen LogP contribution is 2.30. The van der Waals surface area contributed by atoms with Gasteiger partial charge in [-0.3, -0.25) is 9.35 Å². The lowest BCUT2D eigenvalue weighted by Gasteiger charge is -2.29. The number of nitrogens with one attached hydrogen (secondary N) is 2. The van der Waals surface area contributed by atoms with Gasteiger partial charge < -0.3 is 20.3 Å². The zero-order chi connectivity index (χ0) is 18.0. The number of carbonyl (C=O) groups excluding carboxylic acids is 2. The predicted molar refractivity (Wildman–Crippen MR) is 83.6 cm³/mol. The van der Waals surface area contributed by atoms with E-state index in [-0.39, 0.29) is 18.6 Å². The molecule has 0 saturated carbocycles. The van der Waals surface area contributed by atoms with Gasteiger partial charge in [-0.05, 0) is 25.8 Å². The molecular formula is C13H22N4O7S. The van der Waals surface area contributed by atoms with Gasteiger partial charge in [0.05, 0.1) is 12.1 Å². The van der Waals surface area contributed by atoms with Gasteiger partial charge in [-0.15, -0.1) is 4.28 Å². The SMILES string of the molecule is O=C(NC[C@@H]1CNCCCO1)C1CCC2CN1C(=O)N2OS(=O)(=O)O. The summed E-state index contributed by atoms with van der Waals surface area (Å²) in [5.74, 6) is -0.312. The van der Waals surface area contributed by atoms with Gasteiger partial charge >= 0.3 is 16.4 Å². The fourth-order valence-electron chi connectivity index (χ4n) is 3.34. The second-order valence-corrected chi connectivity index (χ2v) is 7.31. The number of carbonyl (C=O) groups is 2. The highest BCUT2D eigenvalue weighted by molar-refractivity contribution is 7.80. The van der Waals surface area contributed by atoms with E-state index in [1.165, 1.54) is 4.90 Å². The van der Waals surface area contributed by atoms with Gasteiger partial charge in [0.25, 0.3) is 0 Å². The third kappa shape index (κ3) is 4.39. The molecule has 2 bridgehead atoms. The van der Waals surface area contributed by atoms with Crippen LogP contribution in [0.3, 0.4) is 0 Å². The van der Waals surface area contributed by atoms with Gasteiger partial charge in [-0.1, -0.05) is 0 Å². The minimum atomic E-state index is -4.79. The molecule has 3 heterocycles. The second-order valence-electron chi connectivity index (χ2n) is 6.31. The van der Waals surface area contributed by atoms with Crippen molar-refractivity contribution in [2.24, 2.45) is 0 Å². The molecular weight excluding hydrogens is 356 g/mol. The van der Waals surface area contributed by atoms with E-state index in [0.29, 0.717) is 37.6 Å². The van der Waals surface area contributed by atoms with Gasteiger partial charge in [0.15, 0.2) is 0 Å². The number of fused-ring (bicyclic) bond motifs is 2. The lowest BCUT2D eigenvalue weighted by atomic mass is 10.0. The van der Waals surface area contributed by atoms with Crippen LogP contribution >= 0.6 is 0 Å². The summed E-state index contributed by atoms with van der Waals surface area (Å²) in [6, 6.07) is -1.95. The number of amides is 3. The number of urea groups is 1. The molecule has 12 heteroatoms. The molecule has 3 fully saturated rings. The summed E-state index contributed by atoms with van der Waals surface area (Å²) in [6.07, 6.45) is 1.58. The molecule has 3 saturated heterocycles. The van der Waals surface area contributed by atoms with Crippen molar-refractivity contribution in [1.82, 2.24) is 20.6 Å². The average Bonchev–Trinajstić information content (AvgIpc) is 2.77. The number of rotatable bonds is 5. The number of hydrogen-bond donors (Lipinski definition) is 3. The Bertz CT molecular complexity index is 620. The van der Waals surface area contributed by atoms with E-state index in [0.717, 1.165) is 13.0 Å². The number of hydroxylamine groups is 2. The Morgan fingerprint density at radius 1 is 1.44 bits per heavy atom. The van der Waals surface area contributed by atoms with Crippen LogP contribution in [0.1, 0.15) is 19.3 Å². The molecule has 3 amide bonds. The van der Waals surface area contributed by atoms with Gasteiger partial charge in [-0.25, -0.2) is 4.79 Å². The minimum absolute atomic E-state index is 0.128. The molecule has 0 aromatic carbocycles. The maximum atomic E-state index is 12.4.